The van der Waals surface area contributed by atoms with E-state index in [1.54, 1.807) is 32.1 Å². The van der Waals surface area contributed by atoms with Crippen molar-refractivity contribution in [2.45, 2.75) is 19.9 Å². The number of nitrogens with zero attached hydrogens (tertiary/aromatic N) is 2. The summed E-state index contributed by atoms with van der Waals surface area (Å²) in [6, 6.07) is 9.18. The predicted octanol–water partition coefficient (Wildman–Crippen LogP) is 3.93. The number of aromatic hydroxyl groups is 1. The van der Waals surface area contributed by atoms with Gasteiger partial charge in [0, 0.05) is 17.8 Å². The van der Waals surface area contributed by atoms with Gasteiger partial charge in [0.1, 0.15) is 10.4 Å². The van der Waals surface area contributed by atoms with Crippen LogP contribution in [0.15, 0.2) is 47.4 Å². The van der Waals surface area contributed by atoms with Crippen molar-refractivity contribution in [2.24, 2.45) is 0 Å². The average molecular weight is 474 g/mol. The van der Waals surface area contributed by atoms with Crippen molar-refractivity contribution in [3.63, 3.8) is 0 Å². The van der Waals surface area contributed by atoms with Crippen molar-refractivity contribution >= 4 is 57.6 Å². The summed E-state index contributed by atoms with van der Waals surface area (Å²) in [6.45, 7) is 3.71. The number of rotatable bonds is 7. The van der Waals surface area contributed by atoms with Gasteiger partial charge in [0.15, 0.2) is 11.5 Å². The van der Waals surface area contributed by atoms with Crippen molar-refractivity contribution in [3.8, 4) is 11.5 Å². The van der Waals surface area contributed by atoms with E-state index in [1.165, 1.54) is 35.2 Å². The van der Waals surface area contributed by atoms with Gasteiger partial charge < -0.3 is 15.2 Å². The molecule has 1 aliphatic heterocycles. The number of thioether (sulfide) groups is 1. The van der Waals surface area contributed by atoms with Crippen LogP contribution in [-0.2, 0) is 9.59 Å². The maximum atomic E-state index is 12.9. The predicted molar refractivity (Wildman–Crippen MR) is 125 cm³/mol. The number of nitro benzene ring substituents is 1. The van der Waals surface area contributed by atoms with E-state index in [4.69, 9.17) is 17.0 Å². The molecule has 2 N–H and O–H groups in total. The summed E-state index contributed by atoms with van der Waals surface area (Å²) < 4.78 is 5.59. The highest BCUT2D eigenvalue weighted by Crippen LogP contribution is 2.35. The van der Waals surface area contributed by atoms with Crippen LogP contribution >= 0.6 is 24.0 Å². The van der Waals surface area contributed by atoms with Crippen LogP contribution in [0.25, 0.3) is 6.08 Å². The number of anilines is 1. The zero-order valence-corrected chi connectivity index (χ0v) is 18.7. The van der Waals surface area contributed by atoms with Crippen molar-refractivity contribution in [3.05, 3.63) is 63.0 Å². The molecule has 166 valence electrons. The second-order valence-electron chi connectivity index (χ2n) is 6.68. The minimum absolute atomic E-state index is 0.00640. The maximum Gasteiger partial charge on any atom is 0.269 e. The molecule has 1 aliphatic rings. The first-order valence-electron chi connectivity index (χ1n) is 9.49. The largest absolute Gasteiger partial charge is 0.504 e. The number of thiocarbonyl (C=S) groups is 1. The minimum atomic E-state index is -0.901. The fourth-order valence-electron chi connectivity index (χ4n) is 2.89. The Balaban J connectivity index is 1.74. The third-order valence-corrected chi connectivity index (χ3v) is 5.85. The third kappa shape index (κ3) is 5.06. The minimum Gasteiger partial charge on any atom is -0.504 e. The number of carbonyl (C=O) groups is 2. The van der Waals surface area contributed by atoms with E-state index < -0.39 is 22.8 Å². The normalized spacial score (nSPS) is 15.7. The van der Waals surface area contributed by atoms with Gasteiger partial charge in [0.25, 0.3) is 11.6 Å². The fourth-order valence-corrected chi connectivity index (χ4v) is 4.31. The number of nitrogens with one attached hydrogen (secondary N) is 1. The molecule has 32 heavy (non-hydrogen) atoms. The number of hydrogen-bond donors (Lipinski definition) is 2. The van der Waals surface area contributed by atoms with E-state index in [0.29, 0.717) is 28.5 Å². The van der Waals surface area contributed by atoms with Crippen LogP contribution in [0, 0.1) is 10.1 Å². The molecule has 0 radical (unpaired) electrons. The van der Waals surface area contributed by atoms with Gasteiger partial charge in [-0.05, 0) is 49.8 Å². The van der Waals surface area contributed by atoms with E-state index in [-0.39, 0.29) is 15.8 Å². The second-order valence-corrected chi connectivity index (χ2v) is 8.36. The van der Waals surface area contributed by atoms with Crippen LogP contribution < -0.4 is 10.1 Å². The lowest BCUT2D eigenvalue weighted by molar-refractivity contribution is -0.384. The van der Waals surface area contributed by atoms with Crippen LogP contribution in [0.5, 0.6) is 11.5 Å². The zero-order chi connectivity index (χ0) is 23.4. The molecule has 3 rings (SSSR count). The summed E-state index contributed by atoms with van der Waals surface area (Å²) in [5, 5.41) is 23.2. The van der Waals surface area contributed by atoms with Crippen LogP contribution in [0.3, 0.4) is 0 Å². The topological polar surface area (TPSA) is 122 Å². The van der Waals surface area contributed by atoms with Crippen LogP contribution in [-0.4, -0.2) is 43.7 Å². The first-order chi connectivity index (χ1) is 15.2. The Hall–Kier alpha value is -3.44. The number of ether oxygens (including phenoxy) is 1. The molecule has 9 nitrogen and oxygen atoms in total. The van der Waals surface area contributed by atoms with E-state index >= 15 is 0 Å². The number of non-ortho nitro benzene ring substituents is 1. The molecule has 1 atom stereocenters. The number of phenols is 1. The summed E-state index contributed by atoms with van der Waals surface area (Å²) in [5.74, 6) is -0.613. The Morgan fingerprint density at radius 3 is 2.66 bits per heavy atom. The number of carbonyl (C=O) groups excluding carboxylic acids is 2. The quantitative estimate of drug-likeness (QED) is 0.268. The Bertz CT molecular complexity index is 1120. The number of nitro groups is 1. The molecule has 0 spiro atoms. The van der Waals surface area contributed by atoms with Gasteiger partial charge in [0.2, 0.25) is 5.91 Å². The molecule has 0 saturated carbocycles. The molecule has 1 heterocycles. The highest BCUT2D eigenvalue weighted by Gasteiger charge is 2.38. The van der Waals surface area contributed by atoms with E-state index in [2.05, 4.69) is 5.32 Å². The van der Waals surface area contributed by atoms with Crippen molar-refractivity contribution < 1.29 is 24.4 Å². The molecule has 0 aromatic heterocycles. The summed E-state index contributed by atoms with van der Waals surface area (Å²) in [7, 11) is 0. The van der Waals surface area contributed by atoms with Crippen LogP contribution in [0.4, 0.5) is 11.4 Å². The number of hydrogen-bond acceptors (Lipinski definition) is 8. The van der Waals surface area contributed by atoms with Gasteiger partial charge in [-0.1, -0.05) is 30.0 Å². The lowest BCUT2D eigenvalue weighted by atomic mass is 10.1. The SMILES string of the molecule is CCOc1cc(/C=C2\SC(=S)N(C(C)C(=O)Nc3ccc([N+](=O)[O-])cc3)C2=O)ccc1O. The summed E-state index contributed by atoms with van der Waals surface area (Å²) in [6.07, 6.45) is 1.61. The van der Waals surface area contributed by atoms with Crippen LogP contribution in [0.2, 0.25) is 0 Å². The molecule has 1 saturated heterocycles. The number of phenolic OH excluding ortho intramolecular Hbond substituents is 1. The van der Waals surface area contributed by atoms with Crippen molar-refractivity contribution in [2.75, 3.05) is 11.9 Å². The van der Waals surface area contributed by atoms with Crippen molar-refractivity contribution in [1.29, 1.82) is 0 Å². The molecule has 0 aliphatic carbocycles. The Kier molecular flexibility index (Phi) is 7.11. The number of amides is 2. The highest BCUT2D eigenvalue weighted by atomic mass is 32.2. The molecule has 2 amide bonds. The van der Waals surface area contributed by atoms with Gasteiger partial charge in [-0.15, -0.1) is 0 Å². The monoisotopic (exact) mass is 473 g/mol. The Morgan fingerprint density at radius 2 is 2.03 bits per heavy atom. The van der Waals surface area contributed by atoms with Gasteiger partial charge in [-0.2, -0.15) is 0 Å². The van der Waals surface area contributed by atoms with Gasteiger partial charge in [0.05, 0.1) is 16.4 Å². The van der Waals surface area contributed by atoms with Gasteiger partial charge in [-0.25, -0.2) is 0 Å². The lowest BCUT2D eigenvalue weighted by Crippen LogP contribution is -2.44. The second kappa shape index (κ2) is 9.79. The molecule has 1 fully saturated rings. The van der Waals surface area contributed by atoms with E-state index in [9.17, 15) is 24.8 Å². The van der Waals surface area contributed by atoms with Gasteiger partial charge in [-0.3, -0.25) is 24.6 Å². The molecular weight excluding hydrogens is 454 g/mol. The third-order valence-electron chi connectivity index (χ3n) is 4.52. The molecule has 2 aromatic carbocycles. The molecule has 11 heteroatoms. The van der Waals surface area contributed by atoms with Gasteiger partial charge >= 0.3 is 0 Å². The first kappa shape index (κ1) is 23.2. The standard InChI is InChI=1S/C21H19N3O6S2/c1-3-30-17-10-13(4-9-16(17)25)11-18-20(27)23(21(31)32-18)12(2)19(26)22-14-5-7-15(8-6-14)24(28)29/h4-12,25H,3H2,1-2H3,(H,22,26)/b18-11-. The summed E-state index contributed by atoms with van der Waals surface area (Å²) >= 11 is 6.38. The molecule has 1 unspecified atom stereocenters. The van der Waals surface area contributed by atoms with Crippen molar-refractivity contribution in [1.82, 2.24) is 4.90 Å². The molecule has 2 aromatic rings. The summed E-state index contributed by atoms with van der Waals surface area (Å²) in [4.78, 5) is 37.4. The molecular formula is C21H19N3O6S2. The smallest absolute Gasteiger partial charge is 0.269 e. The van der Waals surface area contributed by atoms with E-state index in [1.807, 2.05) is 0 Å². The zero-order valence-electron chi connectivity index (χ0n) is 17.1. The van der Waals surface area contributed by atoms with Crippen LogP contribution in [0.1, 0.15) is 19.4 Å². The average Bonchev–Trinajstić information content (AvgIpc) is 3.03. The lowest BCUT2D eigenvalue weighted by Gasteiger charge is -2.22. The molecule has 0 bridgehead atoms. The Labute approximate surface area is 193 Å². The number of benzene rings is 2. The Morgan fingerprint density at radius 1 is 1.34 bits per heavy atom. The fraction of sp³-hybridized carbons (Fsp3) is 0.190. The first-order valence-corrected chi connectivity index (χ1v) is 10.7. The summed E-state index contributed by atoms with van der Waals surface area (Å²) in [5.41, 5.74) is 0.899. The van der Waals surface area contributed by atoms with E-state index in [0.717, 1.165) is 11.8 Å². The highest BCUT2D eigenvalue weighted by molar-refractivity contribution is 8.26. The maximum absolute atomic E-state index is 12.9.